The summed E-state index contributed by atoms with van der Waals surface area (Å²) in [6, 6.07) is 8.29. The molecule has 0 N–H and O–H groups in total. The summed E-state index contributed by atoms with van der Waals surface area (Å²) in [7, 11) is 1.79. The molecule has 1 aliphatic rings. The number of hydrogen-bond acceptors (Lipinski definition) is 7. The summed E-state index contributed by atoms with van der Waals surface area (Å²) in [5.74, 6) is 1.03. The van der Waals surface area contributed by atoms with Crippen LogP contribution in [0.5, 0.6) is 0 Å². The molecule has 4 aromatic rings. The Labute approximate surface area is 197 Å². The van der Waals surface area contributed by atoms with Crippen LogP contribution in [-0.4, -0.2) is 63.2 Å². The Morgan fingerprint density at radius 3 is 2.74 bits per heavy atom. The van der Waals surface area contributed by atoms with Crippen LogP contribution in [0.4, 0.5) is 5.69 Å². The van der Waals surface area contributed by atoms with Gasteiger partial charge in [-0.15, -0.1) is 0 Å². The maximum absolute atomic E-state index is 11.8. The lowest BCUT2D eigenvalue weighted by Gasteiger charge is -2.33. The highest BCUT2D eigenvalue weighted by atomic mass is 16.5. The Bertz CT molecular complexity index is 1290. The van der Waals surface area contributed by atoms with Gasteiger partial charge in [0.05, 0.1) is 43.2 Å². The third-order valence-electron chi connectivity index (χ3n) is 6.19. The van der Waals surface area contributed by atoms with Gasteiger partial charge < -0.3 is 18.9 Å². The van der Waals surface area contributed by atoms with Crippen LogP contribution in [0, 0.1) is 0 Å². The largest absolute Gasteiger partial charge is 0.466 e. The number of fused-ring (bicyclic) bond motifs is 1. The summed E-state index contributed by atoms with van der Waals surface area (Å²) < 4.78 is 14.2. The summed E-state index contributed by atoms with van der Waals surface area (Å²) >= 11 is 0. The van der Waals surface area contributed by atoms with Crippen molar-refractivity contribution in [1.29, 1.82) is 0 Å². The maximum atomic E-state index is 11.8. The topological polar surface area (TPSA) is 87.3 Å². The highest BCUT2D eigenvalue weighted by Crippen LogP contribution is 2.27. The fourth-order valence-electron chi connectivity index (χ4n) is 4.37. The third-order valence-corrected chi connectivity index (χ3v) is 6.19. The first-order chi connectivity index (χ1) is 16.6. The van der Waals surface area contributed by atoms with E-state index in [1.54, 1.807) is 26.4 Å². The van der Waals surface area contributed by atoms with Crippen LogP contribution in [-0.2, 0) is 20.7 Å². The molecule has 0 spiro atoms. The zero-order chi connectivity index (χ0) is 23.5. The number of nitrogens with zero attached hydrogens (tertiary/aromatic N) is 6. The average Bonchev–Trinajstić information content (AvgIpc) is 3.51. The number of methoxy groups -OCH3 is 1. The molecule has 1 aliphatic heterocycles. The number of piperidine rings is 1. The van der Waals surface area contributed by atoms with Gasteiger partial charge in [-0.1, -0.05) is 0 Å². The van der Waals surface area contributed by atoms with E-state index in [1.807, 2.05) is 33.9 Å². The second-order valence-corrected chi connectivity index (χ2v) is 8.37. The predicted octanol–water partition coefficient (Wildman–Crippen LogP) is 3.33. The number of esters is 1. The second-order valence-electron chi connectivity index (χ2n) is 8.37. The second kappa shape index (κ2) is 9.64. The van der Waals surface area contributed by atoms with Crippen LogP contribution >= 0.6 is 0 Å². The van der Waals surface area contributed by atoms with E-state index in [0.29, 0.717) is 24.3 Å². The lowest BCUT2D eigenvalue weighted by atomic mass is 10.1. The summed E-state index contributed by atoms with van der Waals surface area (Å²) in [6.45, 7) is 4.11. The van der Waals surface area contributed by atoms with Crippen molar-refractivity contribution in [3.63, 3.8) is 0 Å². The summed E-state index contributed by atoms with van der Waals surface area (Å²) in [6.07, 6.45) is 11.6. The molecule has 0 atom stereocenters. The minimum Gasteiger partial charge on any atom is -0.466 e. The summed E-state index contributed by atoms with van der Waals surface area (Å²) in [5.41, 5.74) is 3.01. The molecule has 0 unspecified atom stereocenters. The zero-order valence-electron chi connectivity index (χ0n) is 19.4. The molecule has 9 heteroatoms. The molecule has 0 aliphatic carbocycles. The molecule has 4 heterocycles. The maximum Gasteiger partial charge on any atom is 0.310 e. The van der Waals surface area contributed by atoms with E-state index in [4.69, 9.17) is 14.5 Å². The quantitative estimate of drug-likeness (QED) is 0.391. The van der Waals surface area contributed by atoms with E-state index >= 15 is 0 Å². The van der Waals surface area contributed by atoms with E-state index < -0.39 is 0 Å². The molecular weight excluding hydrogens is 432 g/mol. The Hall–Kier alpha value is -3.72. The fraction of sp³-hybridized carbons (Fsp3) is 0.360. The molecule has 3 aromatic heterocycles. The standard InChI is InChI=1S/C25H28N6O3/c1-3-34-25(32)12-18-6-9-30(17-18)23-15-26-16-24(28-23)31-22-13-20(5-4-19(22)14-27-31)29-10-7-21(33-2)8-11-29/h4-6,9,13-17,21H,3,7-8,10-12H2,1-2H3. The smallest absolute Gasteiger partial charge is 0.310 e. The van der Waals surface area contributed by atoms with Crippen molar-refractivity contribution in [1.82, 2.24) is 24.3 Å². The van der Waals surface area contributed by atoms with E-state index in [9.17, 15) is 4.79 Å². The Morgan fingerprint density at radius 1 is 1.12 bits per heavy atom. The lowest BCUT2D eigenvalue weighted by Crippen LogP contribution is -2.36. The number of rotatable bonds is 7. The fourth-order valence-corrected chi connectivity index (χ4v) is 4.37. The van der Waals surface area contributed by atoms with Crippen LogP contribution in [0.2, 0.25) is 0 Å². The zero-order valence-corrected chi connectivity index (χ0v) is 19.4. The van der Waals surface area contributed by atoms with Crippen molar-refractivity contribution in [2.75, 3.05) is 31.7 Å². The van der Waals surface area contributed by atoms with Gasteiger partial charge in [-0.05, 0) is 49.6 Å². The van der Waals surface area contributed by atoms with Crippen molar-refractivity contribution in [3.8, 4) is 11.6 Å². The monoisotopic (exact) mass is 460 g/mol. The number of anilines is 1. The lowest BCUT2D eigenvalue weighted by molar-refractivity contribution is -0.142. The van der Waals surface area contributed by atoms with Crippen LogP contribution in [0.15, 0.2) is 55.2 Å². The highest BCUT2D eigenvalue weighted by Gasteiger charge is 2.20. The van der Waals surface area contributed by atoms with Gasteiger partial charge in [-0.25, -0.2) is 9.67 Å². The van der Waals surface area contributed by atoms with Crippen molar-refractivity contribution in [2.45, 2.75) is 32.3 Å². The van der Waals surface area contributed by atoms with Gasteiger partial charge >= 0.3 is 5.97 Å². The number of hydrogen-bond donors (Lipinski definition) is 0. The Balaban J connectivity index is 1.41. The first-order valence-electron chi connectivity index (χ1n) is 11.6. The number of ether oxygens (including phenoxy) is 2. The minimum atomic E-state index is -0.245. The molecule has 0 amide bonds. The van der Waals surface area contributed by atoms with Crippen molar-refractivity contribution in [2.24, 2.45) is 0 Å². The van der Waals surface area contributed by atoms with Gasteiger partial charge in [-0.2, -0.15) is 5.10 Å². The highest BCUT2D eigenvalue weighted by molar-refractivity contribution is 5.83. The molecule has 0 bridgehead atoms. The molecule has 1 fully saturated rings. The SMILES string of the molecule is CCOC(=O)Cc1ccn(-c2cncc(-n3ncc4ccc(N5CCC(OC)CC5)cc43)n2)c1. The van der Waals surface area contributed by atoms with Crippen LogP contribution in [0.3, 0.4) is 0 Å². The van der Waals surface area contributed by atoms with Crippen LogP contribution < -0.4 is 4.90 Å². The molecule has 1 aromatic carbocycles. The normalized spacial score (nSPS) is 14.6. The molecule has 34 heavy (non-hydrogen) atoms. The van der Waals surface area contributed by atoms with Crippen LogP contribution in [0.25, 0.3) is 22.5 Å². The molecule has 5 rings (SSSR count). The number of carbonyl (C=O) groups excluding carboxylic acids is 1. The van der Waals surface area contributed by atoms with Crippen molar-refractivity contribution >= 4 is 22.6 Å². The molecule has 0 radical (unpaired) electrons. The minimum absolute atomic E-state index is 0.224. The Kier molecular flexibility index (Phi) is 6.27. The number of aromatic nitrogens is 5. The molecule has 1 saturated heterocycles. The van der Waals surface area contributed by atoms with Gasteiger partial charge in [-0.3, -0.25) is 9.78 Å². The summed E-state index contributed by atoms with van der Waals surface area (Å²) in [5, 5.41) is 5.62. The van der Waals surface area contributed by atoms with Crippen LogP contribution in [0.1, 0.15) is 25.3 Å². The predicted molar refractivity (Wildman–Crippen MR) is 129 cm³/mol. The third kappa shape index (κ3) is 4.51. The molecular formula is C25H28N6O3. The van der Waals surface area contributed by atoms with E-state index in [1.165, 1.54) is 5.69 Å². The Morgan fingerprint density at radius 2 is 1.94 bits per heavy atom. The number of benzene rings is 1. The summed E-state index contributed by atoms with van der Waals surface area (Å²) in [4.78, 5) is 23.3. The molecule has 176 valence electrons. The van der Waals surface area contributed by atoms with E-state index in [2.05, 4.69) is 33.2 Å². The van der Waals surface area contributed by atoms with Crippen molar-refractivity contribution in [3.05, 3.63) is 60.8 Å². The first kappa shape index (κ1) is 22.1. The number of carbonyl (C=O) groups is 1. The van der Waals surface area contributed by atoms with Crippen molar-refractivity contribution < 1.29 is 14.3 Å². The van der Waals surface area contributed by atoms with Gasteiger partial charge in [0.2, 0.25) is 0 Å². The van der Waals surface area contributed by atoms with Gasteiger partial charge in [0.1, 0.15) is 0 Å². The van der Waals surface area contributed by atoms with E-state index in [-0.39, 0.29) is 12.4 Å². The van der Waals surface area contributed by atoms with Gasteiger partial charge in [0.25, 0.3) is 0 Å². The van der Waals surface area contributed by atoms with Gasteiger partial charge in [0, 0.05) is 43.7 Å². The van der Waals surface area contributed by atoms with Gasteiger partial charge in [0.15, 0.2) is 11.6 Å². The first-order valence-corrected chi connectivity index (χ1v) is 11.6. The van der Waals surface area contributed by atoms with E-state index in [0.717, 1.165) is 42.4 Å². The average molecular weight is 461 g/mol. The molecule has 0 saturated carbocycles. The molecule has 9 nitrogen and oxygen atoms in total.